The van der Waals surface area contributed by atoms with Gasteiger partial charge in [0.2, 0.25) is 5.50 Å². The minimum Gasteiger partial charge on any atom is -0.461 e. The van der Waals surface area contributed by atoms with Crippen molar-refractivity contribution in [3.63, 3.8) is 0 Å². The van der Waals surface area contributed by atoms with Crippen LogP contribution in [0.3, 0.4) is 0 Å². The zero-order valence-electron chi connectivity index (χ0n) is 12.8. The largest absolute Gasteiger partial charge is 0.461 e. The van der Waals surface area contributed by atoms with Crippen LogP contribution in [0.25, 0.3) is 11.6 Å². The third kappa shape index (κ3) is 3.48. The quantitative estimate of drug-likeness (QED) is 0.691. The molecule has 0 radical (unpaired) electrons. The zero-order valence-corrected chi connectivity index (χ0v) is 13.7. The Labute approximate surface area is 142 Å². The molecule has 8 heteroatoms. The molecule has 0 aliphatic carbocycles. The lowest BCUT2D eigenvalue weighted by Crippen LogP contribution is -2.21. The molecule has 1 atom stereocenters. The van der Waals surface area contributed by atoms with Crippen molar-refractivity contribution in [3.05, 3.63) is 48.7 Å². The number of benzene rings is 1. The van der Waals surface area contributed by atoms with Crippen molar-refractivity contribution in [1.29, 1.82) is 0 Å². The van der Waals surface area contributed by atoms with E-state index in [1.165, 1.54) is 6.26 Å². The van der Waals surface area contributed by atoms with Gasteiger partial charge in [0.1, 0.15) is 0 Å². The Hall–Kier alpha value is -2.61. The van der Waals surface area contributed by atoms with Crippen LogP contribution in [0.5, 0.6) is 0 Å². The second kappa shape index (κ2) is 7.31. The van der Waals surface area contributed by atoms with Gasteiger partial charge in [-0.1, -0.05) is 18.2 Å². The molecule has 0 bridgehead atoms. The van der Waals surface area contributed by atoms with Crippen LogP contribution in [-0.4, -0.2) is 26.2 Å². The summed E-state index contributed by atoms with van der Waals surface area (Å²) in [6.45, 7) is 2.41. The summed E-state index contributed by atoms with van der Waals surface area (Å²) in [7, 11) is 0. The predicted molar refractivity (Wildman–Crippen MR) is 89.2 cm³/mol. The average molecular weight is 346 g/mol. The van der Waals surface area contributed by atoms with Crippen LogP contribution in [0.1, 0.15) is 6.92 Å². The van der Waals surface area contributed by atoms with E-state index in [-0.39, 0.29) is 0 Å². The first-order chi connectivity index (χ1) is 11.7. The number of anilines is 1. The molecule has 0 saturated heterocycles. The first-order valence-electron chi connectivity index (χ1n) is 7.32. The van der Waals surface area contributed by atoms with E-state index in [0.717, 1.165) is 0 Å². The molecule has 6 nitrogen and oxygen atoms in total. The van der Waals surface area contributed by atoms with Crippen molar-refractivity contribution in [1.82, 2.24) is 14.8 Å². The van der Waals surface area contributed by atoms with E-state index in [1.807, 2.05) is 13.0 Å². The van der Waals surface area contributed by atoms with Gasteiger partial charge in [-0.05, 0) is 43.0 Å². The first kappa shape index (κ1) is 16.3. The number of furan rings is 1. The summed E-state index contributed by atoms with van der Waals surface area (Å²) >= 11 is 0.709. The molecular formula is C16H15FN4O2S. The summed E-state index contributed by atoms with van der Waals surface area (Å²) in [5.74, 6) is 0.303. The molecule has 1 aromatic carbocycles. The Morgan fingerprint density at radius 2 is 2.08 bits per heavy atom. The molecule has 124 valence electrons. The monoisotopic (exact) mass is 346 g/mol. The molecule has 0 aliphatic rings. The Kier molecular flexibility index (Phi) is 4.95. The molecule has 1 unspecified atom stereocenters. The maximum Gasteiger partial charge on any atom is 0.269 e. The Bertz CT molecular complexity index is 805. The van der Waals surface area contributed by atoms with E-state index in [9.17, 15) is 9.18 Å². The molecule has 0 saturated carbocycles. The number of carbonyl (C=O) groups is 1. The van der Waals surface area contributed by atoms with Gasteiger partial charge in [0.05, 0.1) is 6.26 Å². The molecule has 1 amide bonds. The molecule has 0 spiro atoms. The topological polar surface area (TPSA) is 73.0 Å². The van der Waals surface area contributed by atoms with Crippen LogP contribution in [-0.2, 0) is 11.3 Å². The molecule has 3 aromatic rings. The van der Waals surface area contributed by atoms with Crippen molar-refractivity contribution in [2.45, 2.75) is 24.1 Å². The molecule has 0 aliphatic heterocycles. The third-order valence-electron chi connectivity index (χ3n) is 3.23. The van der Waals surface area contributed by atoms with E-state index in [0.29, 0.717) is 40.7 Å². The summed E-state index contributed by atoms with van der Waals surface area (Å²) < 4.78 is 21.3. The highest BCUT2D eigenvalue weighted by atomic mass is 32.2. The Morgan fingerprint density at radius 3 is 2.75 bits per heavy atom. The molecule has 1 N–H and O–H groups in total. The lowest BCUT2D eigenvalue weighted by molar-refractivity contribution is -0.118. The summed E-state index contributed by atoms with van der Waals surface area (Å²) in [5, 5.41) is 10.8. The van der Waals surface area contributed by atoms with Crippen molar-refractivity contribution < 1.29 is 13.6 Å². The maximum atomic E-state index is 14.3. The normalized spacial score (nSPS) is 12.1. The number of carbonyl (C=O) groups excluding carboxylic acids is 1. The minimum atomic E-state index is -1.80. The standard InChI is InChI=1S/C16H15FN4O2S/c1-2-21-14(12-9-6-10-23-12)19-20-16(21)24-13(17)15(22)18-11-7-4-3-5-8-11/h3-10,13H,2H2,1H3,(H,18,22). The van der Waals surface area contributed by atoms with Crippen LogP contribution in [0, 0.1) is 0 Å². The maximum absolute atomic E-state index is 14.3. The SMILES string of the molecule is CCn1c(SC(F)C(=O)Nc2ccccc2)nnc1-c1ccco1. The van der Waals surface area contributed by atoms with Gasteiger partial charge in [0.15, 0.2) is 16.7 Å². The van der Waals surface area contributed by atoms with Crippen molar-refractivity contribution in [2.24, 2.45) is 0 Å². The fourth-order valence-electron chi connectivity index (χ4n) is 2.12. The number of para-hydroxylation sites is 1. The molecule has 3 rings (SSSR count). The summed E-state index contributed by atoms with van der Waals surface area (Å²) in [5.41, 5.74) is -1.26. The first-order valence-corrected chi connectivity index (χ1v) is 8.20. The van der Waals surface area contributed by atoms with Gasteiger partial charge in [-0.25, -0.2) is 4.39 Å². The van der Waals surface area contributed by atoms with Gasteiger partial charge in [0.25, 0.3) is 5.91 Å². The summed E-state index contributed by atoms with van der Waals surface area (Å²) in [6, 6.07) is 12.2. The van der Waals surface area contributed by atoms with Gasteiger partial charge < -0.3 is 9.73 Å². The molecular weight excluding hydrogens is 331 g/mol. The van der Waals surface area contributed by atoms with Crippen LogP contribution >= 0.6 is 11.8 Å². The van der Waals surface area contributed by atoms with E-state index < -0.39 is 11.4 Å². The molecule has 2 aromatic heterocycles. The van der Waals surface area contributed by atoms with Crippen LogP contribution in [0.4, 0.5) is 10.1 Å². The van der Waals surface area contributed by atoms with E-state index >= 15 is 0 Å². The highest BCUT2D eigenvalue weighted by Crippen LogP contribution is 2.28. The summed E-state index contributed by atoms with van der Waals surface area (Å²) in [6.07, 6.45) is 1.53. The minimum absolute atomic E-state index is 0.319. The highest BCUT2D eigenvalue weighted by molar-refractivity contribution is 8.00. The smallest absolute Gasteiger partial charge is 0.269 e. The number of nitrogens with one attached hydrogen (secondary N) is 1. The van der Waals surface area contributed by atoms with Gasteiger partial charge in [-0.2, -0.15) is 0 Å². The predicted octanol–water partition coefficient (Wildman–Crippen LogP) is 3.58. The number of hydrogen-bond donors (Lipinski definition) is 1. The fraction of sp³-hybridized carbons (Fsp3) is 0.188. The highest BCUT2D eigenvalue weighted by Gasteiger charge is 2.24. The van der Waals surface area contributed by atoms with E-state index in [4.69, 9.17) is 4.42 Å². The van der Waals surface area contributed by atoms with E-state index in [1.54, 1.807) is 41.0 Å². The van der Waals surface area contributed by atoms with Crippen molar-refractivity contribution in [3.8, 4) is 11.6 Å². The number of rotatable bonds is 6. The van der Waals surface area contributed by atoms with Crippen LogP contribution in [0.2, 0.25) is 0 Å². The number of alkyl halides is 1. The van der Waals surface area contributed by atoms with Gasteiger partial charge in [0, 0.05) is 12.2 Å². The summed E-state index contributed by atoms with van der Waals surface area (Å²) in [4.78, 5) is 12.0. The molecule has 2 heterocycles. The number of aromatic nitrogens is 3. The van der Waals surface area contributed by atoms with Crippen molar-refractivity contribution >= 4 is 23.4 Å². The number of nitrogens with zero attached hydrogens (tertiary/aromatic N) is 3. The van der Waals surface area contributed by atoms with Crippen LogP contribution < -0.4 is 5.32 Å². The second-order valence-electron chi connectivity index (χ2n) is 4.82. The van der Waals surface area contributed by atoms with Crippen molar-refractivity contribution in [2.75, 3.05) is 5.32 Å². The van der Waals surface area contributed by atoms with Gasteiger partial charge in [-0.15, -0.1) is 10.2 Å². The number of amides is 1. The fourth-order valence-corrected chi connectivity index (χ4v) is 2.90. The second-order valence-corrected chi connectivity index (χ2v) is 5.83. The molecule has 0 fully saturated rings. The van der Waals surface area contributed by atoms with Gasteiger partial charge in [-0.3, -0.25) is 9.36 Å². The third-order valence-corrected chi connectivity index (χ3v) is 4.16. The molecule has 24 heavy (non-hydrogen) atoms. The number of hydrogen-bond acceptors (Lipinski definition) is 5. The Morgan fingerprint density at radius 1 is 1.29 bits per heavy atom. The lowest BCUT2D eigenvalue weighted by atomic mass is 10.3. The van der Waals surface area contributed by atoms with E-state index in [2.05, 4.69) is 15.5 Å². The average Bonchev–Trinajstić information content (AvgIpc) is 3.24. The van der Waals surface area contributed by atoms with Gasteiger partial charge >= 0.3 is 0 Å². The van der Waals surface area contributed by atoms with Crippen LogP contribution in [0.15, 0.2) is 58.3 Å². The lowest BCUT2D eigenvalue weighted by Gasteiger charge is -2.10. The Balaban J connectivity index is 1.72. The number of thioether (sulfide) groups is 1. The zero-order chi connectivity index (χ0) is 16.9. The number of halogens is 1.